The van der Waals surface area contributed by atoms with Gasteiger partial charge in [-0.3, -0.25) is 10.1 Å². The number of hydrogen-bond acceptors (Lipinski definition) is 5. The van der Waals surface area contributed by atoms with Crippen molar-refractivity contribution in [3.63, 3.8) is 0 Å². The average Bonchev–Trinajstić information content (AvgIpc) is 3.40. The lowest BCUT2D eigenvalue weighted by atomic mass is 9.51. The average molecular weight is 447 g/mol. The Morgan fingerprint density at radius 2 is 2.00 bits per heavy atom. The molecule has 6 rings (SSSR count). The van der Waals surface area contributed by atoms with Gasteiger partial charge in [-0.25, -0.2) is 4.89 Å². The number of fused-ring (bicyclic) bond motifs is 5. The van der Waals surface area contributed by atoms with Gasteiger partial charge in [0, 0.05) is 17.8 Å². The highest BCUT2D eigenvalue weighted by Gasteiger charge is 2.64. The molecule has 5 nitrogen and oxygen atoms in total. The molecule has 2 saturated carbocycles. The molecule has 0 radical (unpaired) electrons. The van der Waals surface area contributed by atoms with Gasteiger partial charge < -0.3 is 9.47 Å². The summed E-state index contributed by atoms with van der Waals surface area (Å²) in [5.41, 5.74) is 4.21. The van der Waals surface area contributed by atoms with E-state index in [0.717, 1.165) is 50.0 Å². The minimum atomic E-state index is -0.851. The first kappa shape index (κ1) is 21.0. The normalized spacial score (nSPS) is 36.4. The zero-order valence-electron chi connectivity index (χ0n) is 19.3. The van der Waals surface area contributed by atoms with Gasteiger partial charge in [-0.05, 0) is 92.2 Å². The van der Waals surface area contributed by atoms with Crippen molar-refractivity contribution >= 4 is 5.78 Å². The number of allylic oxidation sites excluding steroid dienone is 4. The van der Waals surface area contributed by atoms with Crippen LogP contribution in [0.25, 0.3) is 0 Å². The molecule has 5 heteroatoms. The number of hydrogen-bond donors (Lipinski definition) is 1. The van der Waals surface area contributed by atoms with Crippen LogP contribution in [-0.2, 0) is 9.68 Å². The van der Waals surface area contributed by atoms with Crippen molar-refractivity contribution < 1.29 is 24.4 Å². The molecule has 4 aliphatic carbocycles. The minimum absolute atomic E-state index is 0.156. The third kappa shape index (κ3) is 2.90. The molecule has 1 aromatic carbocycles. The van der Waals surface area contributed by atoms with Crippen LogP contribution in [0.1, 0.15) is 70.3 Å². The molecule has 0 amide bonds. The zero-order valence-corrected chi connectivity index (χ0v) is 19.3. The number of ether oxygens (including phenoxy) is 2. The maximum Gasteiger partial charge on any atom is 0.231 e. The summed E-state index contributed by atoms with van der Waals surface area (Å²) in [5.74, 6) is 9.08. The molecular formula is C28H30O5. The van der Waals surface area contributed by atoms with E-state index in [2.05, 4.69) is 30.9 Å². The summed E-state index contributed by atoms with van der Waals surface area (Å²) in [6.45, 7) is 4.34. The van der Waals surface area contributed by atoms with Crippen LogP contribution in [0.5, 0.6) is 11.5 Å². The summed E-state index contributed by atoms with van der Waals surface area (Å²) < 4.78 is 11.3. The monoisotopic (exact) mass is 446 g/mol. The first-order valence-corrected chi connectivity index (χ1v) is 12.1. The van der Waals surface area contributed by atoms with E-state index in [1.807, 2.05) is 19.1 Å². The largest absolute Gasteiger partial charge is 0.454 e. The standard InChI is InChI=1S/C28H30O5/c1-3-11-28(33-30)12-10-23-21-7-4-17-13-19(29)6-8-20(17)26(21)22(15-27(23,28)2)18-5-9-24-25(14-18)32-16-31-24/h5,9,13-14,21-23,30H,4,6-8,10,12,15-16H2,1-2H3/t21-,22?,23-,27-,28?/m0/s1. The Kier molecular flexibility index (Phi) is 4.76. The van der Waals surface area contributed by atoms with Crippen LogP contribution >= 0.6 is 0 Å². The van der Waals surface area contributed by atoms with Crippen LogP contribution < -0.4 is 9.47 Å². The fourth-order valence-electron chi connectivity index (χ4n) is 7.66. The van der Waals surface area contributed by atoms with Crippen LogP contribution in [-0.4, -0.2) is 23.4 Å². The zero-order chi connectivity index (χ0) is 22.8. The van der Waals surface area contributed by atoms with Crippen LogP contribution in [0.4, 0.5) is 0 Å². The Morgan fingerprint density at radius 1 is 1.15 bits per heavy atom. The molecule has 1 heterocycles. The lowest BCUT2D eigenvalue weighted by molar-refractivity contribution is -0.331. The Labute approximate surface area is 194 Å². The van der Waals surface area contributed by atoms with Crippen LogP contribution in [0.3, 0.4) is 0 Å². The Balaban J connectivity index is 1.54. The van der Waals surface area contributed by atoms with Crippen molar-refractivity contribution in [2.45, 2.75) is 70.3 Å². The molecule has 0 spiro atoms. The van der Waals surface area contributed by atoms with E-state index in [4.69, 9.17) is 14.4 Å². The quantitative estimate of drug-likeness (QED) is 0.366. The van der Waals surface area contributed by atoms with E-state index in [9.17, 15) is 10.1 Å². The highest BCUT2D eigenvalue weighted by Crippen LogP contribution is 2.67. The molecule has 1 aliphatic heterocycles. The number of benzene rings is 1. The molecule has 0 aromatic heterocycles. The summed E-state index contributed by atoms with van der Waals surface area (Å²) >= 11 is 0. The second-order valence-electron chi connectivity index (χ2n) is 10.4. The molecule has 1 N–H and O–H groups in total. The maximum atomic E-state index is 12.2. The first-order chi connectivity index (χ1) is 16.0. The molecule has 33 heavy (non-hydrogen) atoms. The van der Waals surface area contributed by atoms with Gasteiger partial charge in [0.15, 0.2) is 22.9 Å². The third-order valence-corrected chi connectivity index (χ3v) is 9.14. The summed E-state index contributed by atoms with van der Waals surface area (Å²) in [5, 5.41) is 10.2. The fraction of sp³-hybridized carbons (Fsp3) is 0.536. The topological polar surface area (TPSA) is 65.0 Å². The summed E-state index contributed by atoms with van der Waals surface area (Å²) in [6.07, 6.45) is 7.85. The summed E-state index contributed by atoms with van der Waals surface area (Å²) in [7, 11) is 0. The second kappa shape index (κ2) is 7.48. The molecule has 5 aliphatic rings. The van der Waals surface area contributed by atoms with E-state index < -0.39 is 5.60 Å². The molecule has 1 aromatic rings. The predicted molar refractivity (Wildman–Crippen MR) is 123 cm³/mol. The van der Waals surface area contributed by atoms with Crippen molar-refractivity contribution in [1.82, 2.24) is 0 Å². The van der Waals surface area contributed by atoms with Crippen molar-refractivity contribution in [3.8, 4) is 23.3 Å². The van der Waals surface area contributed by atoms with Gasteiger partial charge in [-0.15, -0.1) is 5.92 Å². The summed E-state index contributed by atoms with van der Waals surface area (Å²) in [6, 6.07) is 6.28. The van der Waals surface area contributed by atoms with Crippen LogP contribution in [0, 0.1) is 29.1 Å². The second-order valence-corrected chi connectivity index (χ2v) is 10.4. The number of carbonyl (C=O) groups is 1. The molecule has 172 valence electrons. The van der Waals surface area contributed by atoms with Crippen molar-refractivity contribution in [3.05, 3.63) is 46.6 Å². The lowest BCUT2D eigenvalue weighted by Gasteiger charge is -2.54. The van der Waals surface area contributed by atoms with Gasteiger partial charge in [0.25, 0.3) is 0 Å². The molecule has 0 saturated heterocycles. The Hall–Kier alpha value is -2.55. The molecular weight excluding hydrogens is 416 g/mol. The fourth-order valence-corrected chi connectivity index (χ4v) is 7.66. The Bertz CT molecular complexity index is 1150. The lowest BCUT2D eigenvalue weighted by Crippen LogP contribution is -2.52. The predicted octanol–water partition coefficient (Wildman–Crippen LogP) is 5.57. The van der Waals surface area contributed by atoms with Crippen molar-refractivity contribution in [1.29, 1.82) is 0 Å². The maximum absolute atomic E-state index is 12.2. The van der Waals surface area contributed by atoms with Crippen molar-refractivity contribution in [2.75, 3.05) is 6.79 Å². The molecule has 2 fully saturated rings. The van der Waals surface area contributed by atoms with Gasteiger partial charge in [0.1, 0.15) is 0 Å². The number of ketones is 1. The van der Waals surface area contributed by atoms with Gasteiger partial charge in [0.05, 0.1) is 0 Å². The van der Waals surface area contributed by atoms with Gasteiger partial charge in [-0.2, -0.15) is 0 Å². The van der Waals surface area contributed by atoms with Crippen LogP contribution in [0.2, 0.25) is 0 Å². The van der Waals surface area contributed by atoms with E-state index in [1.54, 1.807) is 0 Å². The highest BCUT2D eigenvalue weighted by molar-refractivity contribution is 5.93. The Morgan fingerprint density at radius 3 is 2.82 bits per heavy atom. The van der Waals surface area contributed by atoms with Crippen molar-refractivity contribution in [2.24, 2.45) is 17.3 Å². The van der Waals surface area contributed by atoms with E-state index >= 15 is 0 Å². The number of carbonyl (C=O) groups excluding carboxylic acids is 1. The molecule has 0 bridgehead atoms. The van der Waals surface area contributed by atoms with E-state index in [-0.39, 0.29) is 23.9 Å². The minimum Gasteiger partial charge on any atom is -0.454 e. The van der Waals surface area contributed by atoms with Gasteiger partial charge >= 0.3 is 0 Å². The van der Waals surface area contributed by atoms with E-state index in [1.165, 1.54) is 22.3 Å². The first-order valence-electron chi connectivity index (χ1n) is 12.1. The van der Waals surface area contributed by atoms with Gasteiger partial charge in [0.2, 0.25) is 6.79 Å². The number of rotatable bonds is 2. The summed E-state index contributed by atoms with van der Waals surface area (Å²) in [4.78, 5) is 17.5. The molecule has 2 unspecified atom stereocenters. The SMILES string of the molecule is CC#CC1(OO)CC[C@H]2[C@@H]3CCC4=CC(=O)CCC4=C3C(c3ccc4c(c3)OCO4)C[C@@]21C. The molecule has 5 atom stereocenters. The van der Waals surface area contributed by atoms with Gasteiger partial charge in [-0.1, -0.05) is 24.5 Å². The third-order valence-electron chi connectivity index (χ3n) is 9.14. The smallest absolute Gasteiger partial charge is 0.231 e. The van der Waals surface area contributed by atoms with Crippen LogP contribution in [0.15, 0.2) is 41.0 Å². The van der Waals surface area contributed by atoms with E-state index in [0.29, 0.717) is 18.3 Å². The highest BCUT2D eigenvalue weighted by atomic mass is 17.1.